The summed E-state index contributed by atoms with van der Waals surface area (Å²) in [5.41, 5.74) is 0. The number of aryl methyl sites for hydroxylation is 1. The molecule has 0 unspecified atom stereocenters. The van der Waals surface area contributed by atoms with Gasteiger partial charge in [-0.15, -0.1) is 11.7 Å². The Morgan fingerprint density at radius 2 is 2.31 bits per heavy atom. The van der Waals surface area contributed by atoms with E-state index in [4.69, 9.17) is 0 Å². The third kappa shape index (κ3) is 2.92. The molecule has 5 nitrogen and oxygen atoms in total. The molecule has 0 bridgehead atoms. The predicted molar refractivity (Wildman–Crippen MR) is 62.2 cm³/mol. The molecule has 0 saturated carbocycles. The molecule has 88 valence electrons. The number of aromatic nitrogens is 3. The maximum Gasteiger partial charge on any atom is 0.293 e. The molecule has 1 amide bonds. The number of hydrogen-bond donors (Lipinski definition) is 1. The SMILES string of the molecule is C=CCN(CCC)C(=O)c1n[nH]c(CC)n1. The normalized spacial score (nSPS) is 10.1. The quantitative estimate of drug-likeness (QED) is 0.740. The number of carbonyl (C=O) groups is 1. The second-order valence-corrected chi connectivity index (χ2v) is 3.50. The van der Waals surface area contributed by atoms with Gasteiger partial charge in [0.15, 0.2) is 0 Å². The molecule has 0 radical (unpaired) electrons. The molecule has 1 rings (SSSR count). The van der Waals surface area contributed by atoms with Crippen molar-refractivity contribution < 1.29 is 4.79 Å². The highest BCUT2D eigenvalue weighted by molar-refractivity contribution is 5.90. The minimum Gasteiger partial charge on any atom is -0.332 e. The highest BCUT2D eigenvalue weighted by Crippen LogP contribution is 2.01. The molecule has 0 saturated heterocycles. The average molecular weight is 222 g/mol. The Kier molecular flexibility index (Phi) is 4.69. The van der Waals surface area contributed by atoms with Crippen LogP contribution in [0.4, 0.5) is 0 Å². The summed E-state index contributed by atoms with van der Waals surface area (Å²) in [4.78, 5) is 17.8. The minimum atomic E-state index is -0.141. The molecular weight excluding hydrogens is 204 g/mol. The van der Waals surface area contributed by atoms with E-state index in [0.29, 0.717) is 13.1 Å². The van der Waals surface area contributed by atoms with Crippen molar-refractivity contribution in [2.45, 2.75) is 26.7 Å². The monoisotopic (exact) mass is 222 g/mol. The van der Waals surface area contributed by atoms with E-state index in [1.165, 1.54) is 0 Å². The van der Waals surface area contributed by atoms with Crippen LogP contribution >= 0.6 is 0 Å². The van der Waals surface area contributed by atoms with Crippen molar-refractivity contribution in [3.8, 4) is 0 Å². The molecule has 1 heterocycles. The summed E-state index contributed by atoms with van der Waals surface area (Å²) in [5.74, 6) is 0.836. The fraction of sp³-hybridized carbons (Fsp3) is 0.545. The van der Waals surface area contributed by atoms with Crippen LogP contribution in [-0.2, 0) is 6.42 Å². The van der Waals surface area contributed by atoms with E-state index < -0.39 is 0 Å². The molecule has 0 aliphatic heterocycles. The van der Waals surface area contributed by atoms with Crippen molar-refractivity contribution in [3.05, 3.63) is 24.3 Å². The smallest absolute Gasteiger partial charge is 0.293 e. The Balaban J connectivity index is 2.76. The molecule has 5 heteroatoms. The number of nitrogens with zero attached hydrogens (tertiary/aromatic N) is 3. The first-order valence-electron chi connectivity index (χ1n) is 5.54. The standard InChI is InChI=1S/C11H18N4O/c1-4-7-15(8-5-2)11(16)10-12-9(6-3)13-14-10/h4H,1,5-8H2,2-3H3,(H,12,13,14). The molecular formula is C11H18N4O. The molecule has 0 atom stereocenters. The lowest BCUT2D eigenvalue weighted by Crippen LogP contribution is -2.32. The number of aromatic amines is 1. The van der Waals surface area contributed by atoms with Crippen LogP contribution in [0.15, 0.2) is 12.7 Å². The number of nitrogens with one attached hydrogen (secondary N) is 1. The molecule has 0 aliphatic rings. The number of rotatable bonds is 6. The number of amides is 1. The summed E-state index contributed by atoms with van der Waals surface area (Å²) in [6.45, 7) is 8.85. The van der Waals surface area contributed by atoms with E-state index in [-0.39, 0.29) is 11.7 Å². The van der Waals surface area contributed by atoms with Gasteiger partial charge in [-0.25, -0.2) is 4.98 Å². The number of H-pyrrole nitrogens is 1. The molecule has 0 fully saturated rings. The highest BCUT2D eigenvalue weighted by Gasteiger charge is 2.18. The van der Waals surface area contributed by atoms with Gasteiger partial charge in [-0.1, -0.05) is 19.9 Å². The van der Waals surface area contributed by atoms with Crippen LogP contribution in [0.5, 0.6) is 0 Å². The third-order valence-electron chi connectivity index (χ3n) is 2.19. The van der Waals surface area contributed by atoms with E-state index in [9.17, 15) is 4.79 Å². The van der Waals surface area contributed by atoms with E-state index in [0.717, 1.165) is 18.7 Å². The lowest BCUT2D eigenvalue weighted by molar-refractivity contribution is 0.0762. The zero-order valence-corrected chi connectivity index (χ0v) is 9.86. The second-order valence-electron chi connectivity index (χ2n) is 3.50. The summed E-state index contributed by atoms with van der Waals surface area (Å²) < 4.78 is 0. The first-order valence-corrected chi connectivity index (χ1v) is 5.54. The van der Waals surface area contributed by atoms with Crippen molar-refractivity contribution in [2.75, 3.05) is 13.1 Å². The average Bonchev–Trinajstić information content (AvgIpc) is 2.76. The molecule has 1 N–H and O–H groups in total. The third-order valence-corrected chi connectivity index (χ3v) is 2.19. The zero-order valence-electron chi connectivity index (χ0n) is 9.86. The van der Waals surface area contributed by atoms with Crippen LogP contribution < -0.4 is 0 Å². The van der Waals surface area contributed by atoms with Crippen LogP contribution in [-0.4, -0.2) is 39.1 Å². The van der Waals surface area contributed by atoms with E-state index in [1.54, 1.807) is 11.0 Å². The van der Waals surface area contributed by atoms with Gasteiger partial charge in [-0.05, 0) is 6.42 Å². The second kappa shape index (κ2) is 6.05. The van der Waals surface area contributed by atoms with Gasteiger partial charge in [0.25, 0.3) is 5.91 Å². The molecule has 1 aromatic rings. The van der Waals surface area contributed by atoms with Crippen molar-refractivity contribution in [1.29, 1.82) is 0 Å². The van der Waals surface area contributed by atoms with Crippen LogP contribution in [0.25, 0.3) is 0 Å². The van der Waals surface area contributed by atoms with Gasteiger partial charge in [-0.3, -0.25) is 9.89 Å². The Labute approximate surface area is 95.6 Å². The first kappa shape index (κ1) is 12.4. The van der Waals surface area contributed by atoms with Crippen LogP contribution in [0.1, 0.15) is 36.7 Å². The van der Waals surface area contributed by atoms with Crippen molar-refractivity contribution in [2.24, 2.45) is 0 Å². The minimum absolute atomic E-state index is 0.141. The van der Waals surface area contributed by atoms with Crippen LogP contribution in [0.2, 0.25) is 0 Å². The van der Waals surface area contributed by atoms with E-state index >= 15 is 0 Å². The summed E-state index contributed by atoms with van der Waals surface area (Å²) in [5, 5.41) is 6.65. The maximum atomic E-state index is 12.0. The summed E-state index contributed by atoms with van der Waals surface area (Å²) in [6.07, 6.45) is 3.36. The van der Waals surface area contributed by atoms with Gasteiger partial charge in [0.2, 0.25) is 5.82 Å². The number of hydrogen-bond acceptors (Lipinski definition) is 3. The summed E-state index contributed by atoms with van der Waals surface area (Å²) >= 11 is 0. The Hall–Kier alpha value is -1.65. The van der Waals surface area contributed by atoms with Gasteiger partial charge in [0.05, 0.1) is 0 Å². The Morgan fingerprint density at radius 3 is 2.81 bits per heavy atom. The molecule has 0 aromatic carbocycles. The van der Waals surface area contributed by atoms with Gasteiger partial charge < -0.3 is 4.90 Å². The Bertz CT molecular complexity index is 359. The van der Waals surface area contributed by atoms with Crippen LogP contribution in [0, 0.1) is 0 Å². The number of carbonyl (C=O) groups excluding carboxylic acids is 1. The predicted octanol–water partition coefficient (Wildman–Crippen LogP) is 1.41. The molecule has 1 aromatic heterocycles. The largest absolute Gasteiger partial charge is 0.332 e. The van der Waals surface area contributed by atoms with Crippen molar-refractivity contribution in [1.82, 2.24) is 20.1 Å². The lowest BCUT2D eigenvalue weighted by atomic mass is 10.3. The van der Waals surface area contributed by atoms with Gasteiger partial charge in [-0.2, -0.15) is 0 Å². The Morgan fingerprint density at radius 1 is 1.56 bits per heavy atom. The zero-order chi connectivity index (χ0) is 12.0. The van der Waals surface area contributed by atoms with Gasteiger partial charge in [0, 0.05) is 19.5 Å². The van der Waals surface area contributed by atoms with E-state index in [2.05, 4.69) is 21.8 Å². The fourth-order valence-corrected chi connectivity index (χ4v) is 1.39. The van der Waals surface area contributed by atoms with Crippen molar-refractivity contribution >= 4 is 5.91 Å². The maximum absolute atomic E-state index is 12.0. The van der Waals surface area contributed by atoms with E-state index in [1.807, 2.05) is 13.8 Å². The molecule has 16 heavy (non-hydrogen) atoms. The topological polar surface area (TPSA) is 61.9 Å². The highest BCUT2D eigenvalue weighted by atomic mass is 16.2. The van der Waals surface area contributed by atoms with Gasteiger partial charge in [0.1, 0.15) is 5.82 Å². The first-order chi connectivity index (χ1) is 7.72. The lowest BCUT2D eigenvalue weighted by Gasteiger charge is -2.18. The summed E-state index contributed by atoms with van der Waals surface area (Å²) in [7, 11) is 0. The fourth-order valence-electron chi connectivity index (χ4n) is 1.39. The molecule has 0 spiro atoms. The molecule has 0 aliphatic carbocycles. The van der Waals surface area contributed by atoms with Crippen LogP contribution in [0.3, 0.4) is 0 Å². The van der Waals surface area contributed by atoms with Gasteiger partial charge >= 0.3 is 0 Å². The van der Waals surface area contributed by atoms with Crippen molar-refractivity contribution in [3.63, 3.8) is 0 Å². The summed E-state index contributed by atoms with van der Waals surface area (Å²) in [6, 6.07) is 0.